The van der Waals surface area contributed by atoms with Gasteiger partial charge in [0.1, 0.15) is 5.82 Å². The molecule has 3 aliphatic rings. The summed E-state index contributed by atoms with van der Waals surface area (Å²) in [5, 5.41) is 0. The Bertz CT molecular complexity index is 938. The third-order valence-electron chi connectivity index (χ3n) is 7.33. The van der Waals surface area contributed by atoms with E-state index in [4.69, 9.17) is 14.2 Å². The van der Waals surface area contributed by atoms with Crippen LogP contribution < -0.4 is 4.90 Å². The Labute approximate surface area is 202 Å². The second-order valence-corrected chi connectivity index (χ2v) is 9.51. The molecule has 0 aliphatic carbocycles. The number of nitrogens with zero attached hydrogens (tertiary/aromatic N) is 3. The minimum Gasteiger partial charge on any atom is -0.378 e. The molecule has 1 amide bonds. The number of carbonyl (C=O) groups is 1. The Morgan fingerprint density at radius 3 is 2.53 bits per heavy atom. The molecular formula is C27H35N3O4. The monoisotopic (exact) mass is 465 g/mol. The van der Waals surface area contributed by atoms with Crippen LogP contribution in [-0.4, -0.2) is 73.5 Å². The van der Waals surface area contributed by atoms with E-state index in [1.165, 1.54) is 5.56 Å². The van der Waals surface area contributed by atoms with Gasteiger partial charge in [-0.25, -0.2) is 4.98 Å². The molecule has 3 fully saturated rings. The van der Waals surface area contributed by atoms with Crippen molar-refractivity contribution in [3.8, 4) is 0 Å². The standard InChI is InChI=1S/C27H35N3O4/c1-2-33-23-18-24(21-6-4-3-5-7-21)34-27(19-23)10-12-30(13-11-27)26(31)22-8-9-25(28-20-22)29-14-16-32-17-15-29/h3-9,20,23-24H,2,10-19H2,1H3. The van der Waals surface area contributed by atoms with E-state index in [0.29, 0.717) is 25.3 Å². The Balaban J connectivity index is 1.23. The van der Waals surface area contributed by atoms with Crippen molar-refractivity contribution >= 4 is 11.7 Å². The topological polar surface area (TPSA) is 64.1 Å². The van der Waals surface area contributed by atoms with Gasteiger partial charge in [0, 0.05) is 51.8 Å². The third kappa shape index (κ3) is 5.11. The fourth-order valence-corrected chi connectivity index (χ4v) is 5.48. The molecule has 0 radical (unpaired) electrons. The van der Waals surface area contributed by atoms with Crippen LogP contribution in [0.5, 0.6) is 0 Å². The molecule has 3 saturated heterocycles. The van der Waals surface area contributed by atoms with Gasteiger partial charge in [0.25, 0.3) is 5.91 Å². The van der Waals surface area contributed by atoms with Crippen molar-refractivity contribution in [2.75, 3.05) is 50.9 Å². The number of rotatable bonds is 5. The summed E-state index contributed by atoms with van der Waals surface area (Å²) in [5.41, 5.74) is 1.61. The van der Waals surface area contributed by atoms with Crippen LogP contribution in [0.2, 0.25) is 0 Å². The molecule has 1 spiro atoms. The first-order chi connectivity index (χ1) is 16.7. The highest BCUT2D eigenvalue weighted by Crippen LogP contribution is 2.44. The van der Waals surface area contributed by atoms with Crippen molar-refractivity contribution in [3.63, 3.8) is 0 Å². The molecule has 3 aliphatic heterocycles. The van der Waals surface area contributed by atoms with Crippen molar-refractivity contribution in [1.82, 2.24) is 9.88 Å². The number of anilines is 1. The Hall–Kier alpha value is -2.48. The lowest BCUT2D eigenvalue weighted by molar-refractivity contribution is -0.190. The van der Waals surface area contributed by atoms with E-state index in [0.717, 1.165) is 57.8 Å². The van der Waals surface area contributed by atoms with Crippen molar-refractivity contribution in [3.05, 3.63) is 59.8 Å². The van der Waals surface area contributed by atoms with Gasteiger partial charge in [0.05, 0.1) is 36.6 Å². The summed E-state index contributed by atoms with van der Waals surface area (Å²) in [6, 6.07) is 14.3. The number of morpholine rings is 1. The van der Waals surface area contributed by atoms with Gasteiger partial charge in [-0.3, -0.25) is 4.79 Å². The number of pyridine rings is 1. The number of benzene rings is 1. The maximum absolute atomic E-state index is 13.2. The van der Waals surface area contributed by atoms with Crippen LogP contribution >= 0.6 is 0 Å². The first-order valence-electron chi connectivity index (χ1n) is 12.6. The van der Waals surface area contributed by atoms with Crippen LogP contribution in [0, 0.1) is 0 Å². The minimum absolute atomic E-state index is 0.0330. The number of ether oxygens (including phenoxy) is 3. The fraction of sp³-hybridized carbons (Fsp3) is 0.556. The molecule has 5 rings (SSSR count). The number of amides is 1. The number of piperidine rings is 1. The molecule has 7 heteroatoms. The molecule has 34 heavy (non-hydrogen) atoms. The molecule has 0 N–H and O–H groups in total. The molecule has 1 aromatic heterocycles. The maximum atomic E-state index is 13.2. The number of likely N-dealkylation sites (tertiary alicyclic amines) is 1. The summed E-state index contributed by atoms with van der Waals surface area (Å²) in [6.07, 6.45) is 5.35. The van der Waals surface area contributed by atoms with E-state index in [1.807, 2.05) is 23.1 Å². The largest absolute Gasteiger partial charge is 0.378 e. The summed E-state index contributed by atoms with van der Waals surface area (Å²) in [4.78, 5) is 21.9. The maximum Gasteiger partial charge on any atom is 0.255 e. The van der Waals surface area contributed by atoms with Crippen molar-refractivity contribution < 1.29 is 19.0 Å². The van der Waals surface area contributed by atoms with E-state index in [2.05, 4.69) is 41.1 Å². The predicted molar refractivity (Wildman–Crippen MR) is 130 cm³/mol. The highest BCUT2D eigenvalue weighted by Gasteiger charge is 2.45. The van der Waals surface area contributed by atoms with E-state index in [9.17, 15) is 4.79 Å². The average molecular weight is 466 g/mol. The van der Waals surface area contributed by atoms with Crippen molar-refractivity contribution in [1.29, 1.82) is 0 Å². The van der Waals surface area contributed by atoms with Gasteiger partial charge in [-0.05, 0) is 37.5 Å². The van der Waals surface area contributed by atoms with Gasteiger partial charge in [0.2, 0.25) is 0 Å². The van der Waals surface area contributed by atoms with Crippen molar-refractivity contribution in [2.45, 2.75) is 50.4 Å². The summed E-state index contributed by atoms with van der Waals surface area (Å²) in [7, 11) is 0. The van der Waals surface area contributed by atoms with Crippen LogP contribution in [0.4, 0.5) is 5.82 Å². The van der Waals surface area contributed by atoms with Gasteiger partial charge in [0.15, 0.2) is 0 Å². The Morgan fingerprint density at radius 1 is 1.09 bits per heavy atom. The molecular weight excluding hydrogens is 430 g/mol. The second-order valence-electron chi connectivity index (χ2n) is 9.51. The van der Waals surface area contributed by atoms with Crippen LogP contribution in [0.1, 0.15) is 54.6 Å². The van der Waals surface area contributed by atoms with E-state index in [-0.39, 0.29) is 23.7 Å². The van der Waals surface area contributed by atoms with Gasteiger partial charge in [-0.15, -0.1) is 0 Å². The number of hydrogen-bond donors (Lipinski definition) is 0. The summed E-state index contributed by atoms with van der Waals surface area (Å²) >= 11 is 0. The Morgan fingerprint density at radius 2 is 1.85 bits per heavy atom. The number of carbonyl (C=O) groups excluding carboxylic acids is 1. The molecule has 182 valence electrons. The quantitative estimate of drug-likeness (QED) is 0.668. The van der Waals surface area contributed by atoms with E-state index >= 15 is 0 Å². The highest BCUT2D eigenvalue weighted by atomic mass is 16.5. The Kier molecular flexibility index (Phi) is 7.13. The zero-order chi connectivity index (χ0) is 23.4. The zero-order valence-corrected chi connectivity index (χ0v) is 20.0. The average Bonchev–Trinajstić information content (AvgIpc) is 2.90. The normalized spacial score (nSPS) is 24.9. The van der Waals surface area contributed by atoms with Gasteiger partial charge >= 0.3 is 0 Å². The van der Waals surface area contributed by atoms with Crippen molar-refractivity contribution in [2.24, 2.45) is 0 Å². The van der Waals surface area contributed by atoms with Crippen LogP contribution in [0.3, 0.4) is 0 Å². The second kappa shape index (κ2) is 10.4. The molecule has 2 unspecified atom stereocenters. The first kappa shape index (κ1) is 23.3. The number of hydrogen-bond acceptors (Lipinski definition) is 6. The minimum atomic E-state index is -0.242. The predicted octanol–water partition coefficient (Wildman–Crippen LogP) is 3.85. The molecule has 7 nitrogen and oxygen atoms in total. The molecule has 4 heterocycles. The fourth-order valence-electron chi connectivity index (χ4n) is 5.48. The summed E-state index contributed by atoms with van der Waals surface area (Å²) in [6.45, 7) is 7.24. The third-order valence-corrected chi connectivity index (χ3v) is 7.33. The van der Waals surface area contributed by atoms with Crippen LogP contribution in [-0.2, 0) is 14.2 Å². The molecule has 0 saturated carbocycles. The lowest BCUT2D eigenvalue weighted by Crippen LogP contribution is -2.52. The zero-order valence-electron chi connectivity index (χ0n) is 20.0. The molecule has 2 atom stereocenters. The van der Waals surface area contributed by atoms with Gasteiger partial charge in [-0.1, -0.05) is 30.3 Å². The smallest absolute Gasteiger partial charge is 0.255 e. The summed E-state index contributed by atoms with van der Waals surface area (Å²) < 4.78 is 18.2. The lowest BCUT2D eigenvalue weighted by atomic mass is 9.80. The van der Waals surface area contributed by atoms with E-state index in [1.54, 1.807) is 6.20 Å². The lowest BCUT2D eigenvalue weighted by Gasteiger charge is -2.48. The molecule has 0 bridgehead atoms. The van der Waals surface area contributed by atoms with E-state index < -0.39 is 0 Å². The molecule has 1 aromatic carbocycles. The highest BCUT2D eigenvalue weighted by molar-refractivity contribution is 5.94. The molecule has 2 aromatic rings. The summed E-state index contributed by atoms with van der Waals surface area (Å²) in [5.74, 6) is 0.953. The van der Waals surface area contributed by atoms with Gasteiger partial charge in [-0.2, -0.15) is 0 Å². The van der Waals surface area contributed by atoms with Crippen LogP contribution in [0.15, 0.2) is 48.7 Å². The van der Waals surface area contributed by atoms with Crippen LogP contribution in [0.25, 0.3) is 0 Å². The first-order valence-corrected chi connectivity index (χ1v) is 12.6. The number of aromatic nitrogens is 1. The SMILES string of the molecule is CCOC1CC(c2ccccc2)OC2(CCN(C(=O)c3ccc(N4CCOCC4)nc3)CC2)C1. The van der Waals surface area contributed by atoms with Gasteiger partial charge < -0.3 is 24.0 Å².